The lowest BCUT2D eigenvalue weighted by atomic mass is 9.78. The van der Waals surface area contributed by atoms with Gasteiger partial charge in [0, 0.05) is 18.3 Å². The van der Waals surface area contributed by atoms with E-state index in [4.69, 9.17) is 46.4 Å². The van der Waals surface area contributed by atoms with Gasteiger partial charge in [0.25, 0.3) is 0 Å². The molecular formula is C70H122O11Si3. The van der Waals surface area contributed by atoms with Gasteiger partial charge in [-0.1, -0.05) is 147 Å². The molecule has 480 valence electrons. The van der Waals surface area contributed by atoms with Gasteiger partial charge in [0.05, 0.1) is 99.2 Å². The maximum absolute atomic E-state index is 11.9. The van der Waals surface area contributed by atoms with Crippen LogP contribution >= 0.6 is 0 Å². The normalized spacial score (nSPS) is 34.0. The Morgan fingerprint density at radius 1 is 0.667 bits per heavy atom. The van der Waals surface area contributed by atoms with E-state index in [0.29, 0.717) is 37.7 Å². The number of aliphatic hydroxyl groups excluding tert-OH is 1. The van der Waals surface area contributed by atoms with Crippen molar-refractivity contribution in [2.75, 3.05) is 7.11 Å². The summed E-state index contributed by atoms with van der Waals surface area (Å²) in [6.07, 6.45) is 13.5. The second-order valence-corrected chi connectivity index (χ2v) is 45.4. The predicted octanol–water partition coefficient (Wildman–Crippen LogP) is 17.0. The minimum absolute atomic E-state index is 0.00404. The first-order chi connectivity index (χ1) is 39.0. The highest BCUT2D eigenvalue weighted by Gasteiger charge is 2.56. The van der Waals surface area contributed by atoms with Crippen LogP contribution in [0.4, 0.5) is 0 Å². The van der Waals surface area contributed by atoms with E-state index in [2.05, 4.69) is 174 Å². The summed E-state index contributed by atoms with van der Waals surface area (Å²) in [7, 11) is -5.40. The highest BCUT2D eigenvalue weighted by atomic mass is 28.4. The largest absolute Gasteiger partial charge is 0.497 e. The molecular weight excluding hydrogens is 1100 g/mol. The fourth-order valence-electron chi connectivity index (χ4n) is 12.7. The summed E-state index contributed by atoms with van der Waals surface area (Å²) >= 11 is 0. The van der Waals surface area contributed by atoms with E-state index in [-0.39, 0.29) is 100 Å². The first-order valence-electron chi connectivity index (χ1n) is 32.9. The molecule has 5 saturated heterocycles. The molecule has 19 atom stereocenters. The molecule has 0 spiro atoms. The third-order valence-corrected chi connectivity index (χ3v) is 34.9. The van der Waals surface area contributed by atoms with Gasteiger partial charge in [-0.05, 0) is 159 Å². The summed E-state index contributed by atoms with van der Waals surface area (Å²) in [5.74, 6) is 1.77. The monoisotopic (exact) mass is 1220 g/mol. The molecule has 0 aromatic heterocycles. The molecule has 0 radical (unpaired) electrons. The number of methoxy groups -OCH3 is 1. The van der Waals surface area contributed by atoms with Crippen LogP contribution in [0.2, 0.25) is 54.4 Å². The number of hydrogen-bond acceptors (Lipinski definition) is 11. The van der Waals surface area contributed by atoms with Crippen molar-refractivity contribution in [2.45, 2.75) is 327 Å². The summed E-state index contributed by atoms with van der Waals surface area (Å²) in [6, 6.07) is 8.13. The molecule has 4 unspecified atom stereocenters. The van der Waals surface area contributed by atoms with Gasteiger partial charge in [-0.15, -0.1) is 6.58 Å². The maximum Gasteiger partial charge on any atom is 0.193 e. The average Bonchev–Trinajstić information content (AvgIpc) is 1.60. The number of allylic oxidation sites excluding steroid dienone is 1. The zero-order valence-corrected chi connectivity index (χ0v) is 59.9. The van der Waals surface area contributed by atoms with Crippen molar-refractivity contribution in [3.8, 4) is 5.75 Å². The standard InChI is InChI=1S/C70H122O11Si3/c1-25-27-29-58-49(7)65(80-83(21,22)69(12,13)14)67(81-84(23,24)70(15,16)17)66(78-58)59(79-82(19,20)68(9,10)11)38-33-52(71)32-36-54-41-46(4)57(74-54)39-37-55-40-45(3)48(6)60(75-55)43-62-63(73-44-51-30-34-53(72-18)35-31-51)50(8)64-61(76-62)42-47(5)56(77-64)28-26-2/h25,30-31,33-35,38,45,47,49-50,52,54-67,71H,1,4,6,26-29,32,36-37,39-44H2,2-3,5,7-24H3/b38-33+/t45-,47?,49+,50-,52?,54+,55+,56-,57?,58+,59+,60-,61+,62?,63-,64+,65+,66+,67+/m1/s1. The van der Waals surface area contributed by atoms with Gasteiger partial charge in [0.1, 0.15) is 11.9 Å². The van der Waals surface area contributed by atoms with Gasteiger partial charge >= 0.3 is 0 Å². The van der Waals surface area contributed by atoms with Crippen molar-refractivity contribution in [1.82, 2.24) is 0 Å². The number of ether oxygens (including phenoxy) is 7. The van der Waals surface area contributed by atoms with Crippen LogP contribution in [0, 0.1) is 23.7 Å². The zero-order valence-electron chi connectivity index (χ0n) is 56.9. The van der Waals surface area contributed by atoms with Crippen LogP contribution in [0.1, 0.15) is 180 Å². The van der Waals surface area contributed by atoms with Crippen molar-refractivity contribution in [3.05, 3.63) is 78.9 Å². The molecule has 5 aliphatic heterocycles. The van der Waals surface area contributed by atoms with Crippen molar-refractivity contribution in [2.24, 2.45) is 23.7 Å². The molecule has 1 N–H and O–H groups in total. The van der Waals surface area contributed by atoms with Crippen molar-refractivity contribution < 1.29 is 51.5 Å². The lowest BCUT2D eigenvalue weighted by Crippen LogP contribution is -2.65. The summed E-state index contributed by atoms with van der Waals surface area (Å²) in [5.41, 5.74) is 3.35. The third-order valence-electron chi connectivity index (χ3n) is 21.5. The van der Waals surface area contributed by atoms with E-state index in [1.807, 2.05) is 24.3 Å². The van der Waals surface area contributed by atoms with Gasteiger partial charge in [-0.3, -0.25) is 0 Å². The van der Waals surface area contributed by atoms with Crippen LogP contribution in [-0.4, -0.2) is 129 Å². The van der Waals surface area contributed by atoms with E-state index in [1.165, 1.54) is 0 Å². The second kappa shape index (κ2) is 29.5. The Balaban J connectivity index is 1.13. The average molecular weight is 1220 g/mol. The van der Waals surface area contributed by atoms with Crippen LogP contribution in [0.3, 0.4) is 0 Å². The molecule has 5 fully saturated rings. The summed E-state index contributed by atoms with van der Waals surface area (Å²) < 4.78 is 70.3. The molecule has 5 aliphatic rings. The highest BCUT2D eigenvalue weighted by molar-refractivity contribution is 6.75. The van der Waals surface area contributed by atoms with Crippen LogP contribution in [0.5, 0.6) is 5.75 Å². The molecule has 6 rings (SSSR count). The fourth-order valence-corrected chi connectivity index (χ4v) is 16.6. The molecule has 1 aromatic rings. The summed E-state index contributed by atoms with van der Waals surface area (Å²) in [5, 5.41) is 11.8. The Morgan fingerprint density at radius 3 is 1.88 bits per heavy atom. The molecule has 11 nitrogen and oxygen atoms in total. The first-order valence-corrected chi connectivity index (χ1v) is 41.6. The van der Waals surface area contributed by atoms with Crippen LogP contribution < -0.4 is 4.74 Å². The van der Waals surface area contributed by atoms with Gasteiger partial charge in [0.15, 0.2) is 25.0 Å². The molecule has 0 aliphatic carbocycles. The van der Waals surface area contributed by atoms with Gasteiger partial charge in [0.2, 0.25) is 0 Å². The van der Waals surface area contributed by atoms with Gasteiger partial charge in [-0.2, -0.15) is 0 Å². The summed E-state index contributed by atoms with van der Waals surface area (Å²) in [6.45, 7) is 59.9. The van der Waals surface area contributed by atoms with E-state index < -0.39 is 43.3 Å². The molecule has 1 aromatic carbocycles. The van der Waals surface area contributed by atoms with Gasteiger partial charge in [-0.25, -0.2) is 0 Å². The maximum atomic E-state index is 11.9. The molecule has 0 amide bonds. The first kappa shape index (κ1) is 71.3. The highest BCUT2D eigenvalue weighted by Crippen LogP contribution is 2.48. The van der Waals surface area contributed by atoms with E-state index in [1.54, 1.807) is 7.11 Å². The van der Waals surface area contributed by atoms with Crippen LogP contribution in [-0.2, 0) is 48.3 Å². The van der Waals surface area contributed by atoms with Crippen LogP contribution in [0.15, 0.2) is 73.4 Å². The topological polar surface area (TPSA) is 113 Å². The number of hydrogen-bond donors (Lipinski definition) is 1. The van der Waals surface area contributed by atoms with Gasteiger partial charge < -0.3 is 51.5 Å². The predicted molar refractivity (Wildman–Crippen MR) is 352 cm³/mol. The lowest BCUT2D eigenvalue weighted by molar-refractivity contribution is -0.269. The summed E-state index contributed by atoms with van der Waals surface area (Å²) in [4.78, 5) is 0. The number of fused-ring (bicyclic) bond motifs is 1. The third kappa shape index (κ3) is 18.0. The Hall–Kier alpha value is -1.77. The fraction of sp³-hybridized carbons (Fsp3) is 0.800. The molecule has 84 heavy (non-hydrogen) atoms. The van der Waals surface area contributed by atoms with Crippen LogP contribution in [0.25, 0.3) is 0 Å². The number of benzene rings is 1. The smallest absolute Gasteiger partial charge is 0.193 e. The molecule has 0 bridgehead atoms. The Labute approximate surface area is 515 Å². The Morgan fingerprint density at radius 2 is 1.29 bits per heavy atom. The van der Waals surface area contributed by atoms with E-state index in [0.717, 1.165) is 80.2 Å². The SMILES string of the molecule is C=CCC[C@@H]1O[C@@H]([C@H](/C=C/C(O)CC[C@H]2CC(=C)C(CC[C@H]3C[C@@H](C)C(=C)[C@@H](CC4O[C@H]5CC(C)[C@@H](CCC)O[C@H]5[C@H](C)[C@H]4OCc4ccc(OC)cc4)O3)O2)O[Si](C)(C)C(C)(C)C)[C@@H](O[Si](C)(C)C(C)(C)C)[C@@H](O[Si](C)(C)C(C)(C)C)[C@H]1C. The molecule has 5 heterocycles. The zero-order chi connectivity index (χ0) is 62.5. The van der Waals surface area contributed by atoms with Crippen molar-refractivity contribution in [1.29, 1.82) is 0 Å². The Bertz CT molecular complexity index is 2280. The van der Waals surface area contributed by atoms with E-state index in [9.17, 15) is 5.11 Å². The quantitative estimate of drug-likeness (QED) is 0.0707. The van der Waals surface area contributed by atoms with Crippen molar-refractivity contribution in [3.63, 3.8) is 0 Å². The minimum atomic E-state index is -2.41. The van der Waals surface area contributed by atoms with Crippen molar-refractivity contribution >= 4 is 25.0 Å². The molecule has 0 saturated carbocycles. The van der Waals surface area contributed by atoms with E-state index >= 15 is 0 Å². The number of aliphatic hydroxyl groups is 1. The lowest BCUT2D eigenvalue weighted by Gasteiger charge is -2.54. The number of rotatable bonds is 26. The Kier molecular flexibility index (Phi) is 25.0. The second-order valence-electron chi connectivity index (χ2n) is 31.1. The molecule has 14 heteroatoms. The minimum Gasteiger partial charge on any atom is -0.497 e.